The second kappa shape index (κ2) is 3.23. The summed E-state index contributed by atoms with van der Waals surface area (Å²) in [4.78, 5) is 7.09. The number of fused-ring (bicyclic) bond motifs is 2. The van der Waals surface area contributed by atoms with Gasteiger partial charge in [-0.3, -0.25) is 0 Å². The number of rotatable bonds is 2. The molecule has 0 radical (unpaired) electrons. The molecule has 0 aromatic rings. The first-order valence-corrected chi connectivity index (χ1v) is 4.68. The molecule has 0 aliphatic carbocycles. The van der Waals surface area contributed by atoms with Gasteiger partial charge in [0, 0.05) is 19.0 Å². The lowest BCUT2D eigenvalue weighted by Gasteiger charge is -2.19. The molecule has 0 saturated carbocycles. The zero-order chi connectivity index (χ0) is 8.55. The molecular weight excluding hydrogens is 176 g/mol. The smallest absolute Gasteiger partial charge is 0.150 e. The van der Waals surface area contributed by atoms with E-state index in [0.717, 1.165) is 12.5 Å². The van der Waals surface area contributed by atoms with Crippen molar-refractivity contribution in [3.63, 3.8) is 0 Å². The van der Waals surface area contributed by atoms with E-state index >= 15 is 0 Å². The average Bonchev–Trinajstić information content (AvgIpc) is 2.64. The molecule has 12 heavy (non-hydrogen) atoms. The predicted octanol–water partition coefficient (Wildman–Crippen LogP) is 1.14. The SMILES string of the molecule is CO/N=C(\Cl)[C@H]1CN2CC[C@H]1C2. The van der Waals surface area contributed by atoms with Gasteiger partial charge in [-0.25, -0.2) is 0 Å². The molecule has 2 aliphatic heterocycles. The van der Waals surface area contributed by atoms with Crippen molar-refractivity contribution >= 4 is 16.8 Å². The maximum Gasteiger partial charge on any atom is 0.150 e. The minimum Gasteiger partial charge on any atom is -0.398 e. The lowest BCUT2D eigenvalue weighted by molar-refractivity contribution is 0.210. The zero-order valence-electron chi connectivity index (χ0n) is 7.16. The predicted molar refractivity (Wildman–Crippen MR) is 48.3 cm³/mol. The fraction of sp³-hybridized carbons (Fsp3) is 0.875. The van der Waals surface area contributed by atoms with Crippen molar-refractivity contribution < 1.29 is 4.84 Å². The molecule has 2 saturated heterocycles. The number of hydrogen-bond acceptors (Lipinski definition) is 3. The standard InChI is InChI=1S/C8H13ClN2O/c1-12-10-8(9)7-5-11-3-2-6(7)4-11/h6-7H,2-5H2,1H3/b10-8-/t6-,7-/m0/s1. The van der Waals surface area contributed by atoms with Crippen LogP contribution >= 0.6 is 11.6 Å². The van der Waals surface area contributed by atoms with E-state index in [1.165, 1.54) is 26.6 Å². The molecule has 4 heteroatoms. The van der Waals surface area contributed by atoms with Gasteiger partial charge < -0.3 is 9.74 Å². The first-order chi connectivity index (χ1) is 5.81. The number of halogens is 1. The number of oxime groups is 1. The van der Waals surface area contributed by atoms with Crippen LogP contribution in [0.15, 0.2) is 5.16 Å². The van der Waals surface area contributed by atoms with Crippen LogP contribution in [0.25, 0.3) is 0 Å². The number of piperidine rings is 1. The number of hydrogen-bond donors (Lipinski definition) is 0. The molecule has 2 bridgehead atoms. The van der Waals surface area contributed by atoms with Crippen molar-refractivity contribution in [2.45, 2.75) is 6.42 Å². The quantitative estimate of drug-likeness (QED) is 0.480. The van der Waals surface area contributed by atoms with Crippen LogP contribution < -0.4 is 0 Å². The van der Waals surface area contributed by atoms with Crippen molar-refractivity contribution in [1.82, 2.24) is 4.90 Å². The lowest BCUT2D eigenvalue weighted by atomic mass is 9.94. The summed E-state index contributed by atoms with van der Waals surface area (Å²) in [7, 11) is 1.54. The van der Waals surface area contributed by atoms with E-state index in [4.69, 9.17) is 11.6 Å². The average molecular weight is 189 g/mol. The van der Waals surface area contributed by atoms with Gasteiger partial charge in [0.15, 0.2) is 0 Å². The molecule has 2 heterocycles. The number of nitrogens with zero attached hydrogens (tertiary/aromatic N) is 2. The Hall–Kier alpha value is -0.280. The molecular formula is C8H13ClN2O. The highest BCUT2D eigenvalue weighted by Gasteiger charge is 2.40. The van der Waals surface area contributed by atoms with Crippen molar-refractivity contribution in [2.75, 3.05) is 26.7 Å². The first-order valence-electron chi connectivity index (χ1n) is 4.30. The minimum atomic E-state index is 0.431. The van der Waals surface area contributed by atoms with Gasteiger partial charge in [-0.2, -0.15) is 0 Å². The van der Waals surface area contributed by atoms with Gasteiger partial charge in [0.25, 0.3) is 0 Å². The van der Waals surface area contributed by atoms with Crippen LogP contribution in [-0.2, 0) is 4.84 Å². The van der Waals surface area contributed by atoms with E-state index in [9.17, 15) is 0 Å². The Kier molecular flexibility index (Phi) is 2.24. The molecule has 0 aromatic heterocycles. The summed E-state index contributed by atoms with van der Waals surface area (Å²) in [5.74, 6) is 1.15. The summed E-state index contributed by atoms with van der Waals surface area (Å²) >= 11 is 5.98. The monoisotopic (exact) mass is 188 g/mol. The molecule has 68 valence electrons. The van der Waals surface area contributed by atoms with Crippen molar-refractivity contribution in [3.8, 4) is 0 Å². The highest BCUT2D eigenvalue weighted by atomic mass is 35.5. The topological polar surface area (TPSA) is 24.8 Å². The van der Waals surface area contributed by atoms with Crippen LogP contribution in [0.4, 0.5) is 0 Å². The molecule has 2 fully saturated rings. The van der Waals surface area contributed by atoms with Gasteiger partial charge in [0.2, 0.25) is 0 Å². The molecule has 0 N–H and O–H groups in total. The van der Waals surface area contributed by atoms with Crippen molar-refractivity contribution in [1.29, 1.82) is 0 Å². The fourth-order valence-electron chi connectivity index (χ4n) is 2.21. The van der Waals surface area contributed by atoms with Gasteiger partial charge in [-0.15, -0.1) is 0 Å². The van der Waals surface area contributed by atoms with E-state index in [1.807, 2.05) is 0 Å². The molecule has 2 aliphatic rings. The lowest BCUT2D eigenvalue weighted by Crippen LogP contribution is -2.27. The summed E-state index contributed by atoms with van der Waals surface area (Å²) in [6.45, 7) is 3.49. The van der Waals surface area contributed by atoms with E-state index in [1.54, 1.807) is 0 Å². The Labute approximate surface area is 77.3 Å². The highest BCUT2D eigenvalue weighted by molar-refractivity contribution is 6.65. The van der Waals surface area contributed by atoms with Gasteiger partial charge in [-0.05, 0) is 18.9 Å². The molecule has 3 nitrogen and oxygen atoms in total. The van der Waals surface area contributed by atoms with Gasteiger partial charge in [0.05, 0.1) is 0 Å². The largest absolute Gasteiger partial charge is 0.398 e. The Morgan fingerprint density at radius 3 is 2.92 bits per heavy atom. The summed E-state index contributed by atoms with van der Waals surface area (Å²) in [5.41, 5.74) is 0. The molecule has 3 atom stereocenters. The molecule has 0 spiro atoms. The van der Waals surface area contributed by atoms with Crippen LogP contribution in [0.3, 0.4) is 0 Å². The first kappa shape index (κ1) is 8.32. The minimum absolute atomic E-state index is 0.431. The van der Waals surface area contributed by atoms with Crippen molar-refractivity contribution in [2.24, 2.45) is 17.0 Å². The maximum atomic E-state index is 5.98. The molecule has 0 aromatic carbocycles. The Balaban J connectivity index is 2.02. The second-order valence-corrected chi connectivity index (χ2v) is 3.90. The van der Waals surface area contributed by atoms with Gasteiger partial charge in [0.1, 0.15) is 12.3 Å². The van der Waals surface area contributed by atoms with Crippen LogP contribution in [0.1, 0.15) is 6.42 Å². The van der Waals surface area contributed by atoms with Gasteiger partial charge >= 0.3 is 0 Å². The van der Waals surface area contributed by atoms with E-state index in [-0.39, 0.29) is 0 Å². The van der Waals surface area contributed by atoms with Gasteiger partial charge in [-0.1, -0.05) is 16.8 Å². The zero-order valence-corrected chi connectivity index (χ0v) is 7.92. The highest BCUT2D eigenvalue weighted by Crippen LogP contribution is 2.34. The molecule has 1 unspecified atom stereocenters. The third kappa shape index (κ3) is 1.31. The third-order valence-electron chi connectivity index (χ3n) is 2.82. The third-order valence-corrected chi connectivity index (χ3v) is 3.17. The summed E-state index contributed by atoms with van der Waals surface area (Å²) in [5, 5.41) is 4.42. The van der Waals surface area contributed by atoms with Crippen molar-refractivity contribution in [3.05, 3.63) is 0 Å². The summed E-state index contributed by atoms with van der Waals surface area (Å²) in [6.07, 6.45) is 1.26. The van der Waals surface area contributed by atoms with Crippen LogP contribution in [0, 0.1) is 11.8 Å². The van der Waals surface area contributed by atoms with E-state index in [2.05, 4.69) is 14.9 Å². The van der Waals surface area contributed by atoms with Crippen LogP contribution in [0.5, 0.6) is 0 Å². The Bertz CT molecular complexity index is 207. The van der Waals surface area contributed by atoms with E-state index < -0.39 is 0 Å². The maximum absolute atomic E-state index is 5.98. The molecule has 2 rings (SSSR count). The van der Waals surface area contributed by atoms with Crippen LogP contribution in [0.2, 0.25) is 0 Å². The fourth-order valence-corrected chi connectivity index (χ4v) is 2.53. The normalized spacial score (nSPS) is 40.5. The second-order valence-electron chi connectivity index (χ2n) is 3.51. The summed E-state index contributed by atoms with van der Waals surface area (Å²) in [6, 6.07) is 0. The van der Waals surface area contributed by atoms with Crippen LogP contribution in [-0.4, -0.2) is 36.8 Å². The molecule has 0 amide bonds. The Morgan fingerprint density at radius 1 is 1.58 bits per heavy atom. The Morgan fingerprint density at radius 2 is 2.42 bits per heavy atom. The summed E-state index contributed by atoms with van der Waals surface area (Å²) < 4.78 is 0. The van der Waals surface area contributed by atoms with E-state index in [0.29, 0.717) is 11.1 Å².